The number of fused-ring (bicyclic) bond motifs is 1. The zero-order valence-corrected chi connectivity index (χ0v) is 19.7. The van der Waals surface area contributed by atoms with Crippen LogP contribution in [-0.4, -0.2) is 39.9 Å². The minimum Gasteiger partial charge on any atom is -0.493 e. The van der Waals surface area contributed by atoms with E-state index in [1.807, 2.05) is 12.1 Å². The lowest BCUT2D eigenvalue weighted by Gasteiger charge is -2.35. The van der Waals surface area contributed by atoms with Crippen LogP contribution in [0.15, 0.2) is 42.5 Å². The molecule has 2 aliphatic rings. The first-order chi connectivity index (χ1) is 15.4. The molecular formula is C25H33NO5S. The highest BCUT2D eigenvalue weighted by Gasteiger charge is 2.37. The summed E-state index contributed by atoms with van der Waals surface area (Å²) in [6.07, 6.45) is 3.46. The second-order valence-corrected chi connectivity index (χ2v) is 10.7. The molecule has 6 nitrogen and oxygen atoms in total. The fourth-order valence-electron chi connectivity index (χ4n) is 4.51. The predicted molar refractivity (Wildman–Crippen MR) is 126 cm³/mol. The number of para-hydroxylation sites is 1. The maximum absolute atomic E-state index is 13.6. The van der Waals surface area contributed by atoms with Gasteiger partial charge in [-0.05, 0) is 60.8 Å². The van der Waals surface area contributed by atoms with Gasteiger partial charge in [0.25, 0.3) is 10.0 Å². The van der Waals surface area contributed by atoms with Crippen LogP contribution in [0.1, 0.15) is 61.2 Å². The van der Waals surface area contributed by atoms with Gasteiger partial charge >= 0.3 is 0 Å². The van der Waals surface area contributed by atoms with E-state index in [0.717, 1.165) is 38.0 Å². The maximum atomic E-state index is 13.6. The highest BCUT2D eigenvalue weighted by Crippen LogP contribution is 2.41. The van der Waals surface area contributed by atoms with Crippen LogP contribution in [0.25, 0.3) is 0 Å². The molecule has 1 N–H and O–H groups in total. The molecule has 0 radical (unpaired) electrons. The first-order valence-electron chi connectivity index (χ1n) is 11.5. The quantitative estimate of drug-likeness (QED) is 0.665. The van der Waals surface area contributed by atoms with Gasteiger partial charge in [-0.2, -0.15) is 0 Å². The molecule has 0 aromatic heterocycles. The lowest BCUT2D eigenvalue weighted by atomic mass is 9.91. The molecule has 7 heteroatoms. The fraction of sp³-hybridized carbons (Fsp3) is 0.520. The van der Waals surface area contributed by atoms with Crippen molar-refractivity contribution in [3.05, 3.63) is 59.2 Å². The molecule has 174 valence electrons. The van der Waals surface area contributed by atoms with Gasteiger partial charge in [-0.25, -0.2) is 8.42 Å². The maximum Gasteiger partial charge on any atom is 0.266 e. The van der Waals surface area contributed by atoms with Gasteiger partial charge in [-0.1, -0.05) is 44.2 Å². The first kappa shape index (κ1) is 23.1. The third kappa shape index (κ3) is 4.65. The summed E-state index contributed by atoms with van der Waals surface area (Å²) in [7, 11) is -4.05. The van der Waals surface area contributed by atoms with Crippen molar-refractivity contribution in [2.24, 2.45) is 5.92 Å². The van der Waals surface area contributed by atoms with Gasteiger partial charge in [0.15, 0.2) is 0 Å². The van der Waals surface area contributed by atoms with Crippen molar-refractivity contribution in [3.8, 4) is 5.75 Å². The lowest BCUT2D eigenvalue weighted by molar-refractivity contribution is 0.0493. The summed E-state index contributed by atoms with van der Waals surface area (Å²) >= 11 is 0. The molecular weight excluding hydrogens is 426 g/mol. The molecule has 1 saturated heterocycles. The SMILES string of the molecule is CCc1ccc2c(c1)C(C)CCN2S(=O)(=O)C(O)c1ccccc1OCC1CCOCC1. The van der Waals surface area contributed by atoms with E-state index >= 15 is 0 Å². The van der Waals surface area contributed by atoms with Crippen LogP contribution >= 0.6 is 0 Å². The van der Waals surface area contributed by atoms with E-state index in [1.165, 1.54) is 9.87 Å². The average Bonchev–Trinajstić information content (AvgIpc) is 2.83. The van der Waals surface area contributed by atoms with Gasteiger partial charge in [-0.15, -0.1) is 0 Å². The van der Waals surface area contributed by atoms with Crippen LogP contribution in [0.5, 0.6) is 5.75 Å². The van der Waals surface area contributed by atoms with E-state index < -0.39 is 15.5 Å². The molecule has 1 fully saturated rings. The molecule has 2 aromatic carbocycles. The number of hydrogen-bond donors (Lipinski definition) is 1. The number of aryl methyl sites for hydroxylation is 1. The minimum atomic E-state index is -4.05. The van der Waals surface area contributed by atoms with Crippen LogP contribution in [0.4, 0.5) is 5.69 Å². The van der Waals surface area contributed by atoms with Gasteiger partial charge in [0, 0.05) is 25.3 Å². The van der Waals surface area contributed by atoms with Gasteiger partial charge in [0.1, 0.15) is 5.75 Å². The number of anilines is 1. The second kappa shape index (κ2) is 9.81. The smallest absolute Gasteiger partial charge is 0.266 e. The van der Waals surface area contributed by atoms with Gasteiger partial charge in [0.2, 0.25) is 5.44 Å². The van der Waals surface area contributed by atoms with Crippen LogP contribution in [-0.2, 0) is 21.2 Å². The summed E-state index contributed by atoms with van der Waals surface area (Å²) in [6, 6.07) is 12.8. The number of rotatable bonds is 7. The molecule has 2 aromatic rings. The largest absolute Gasteiger partial charge is 0.493 e. The Labute approximate surface area is 191 Å². The Bertz CT molecular complexity index is 1030. The number of sulfonamides is 1. The number of benzene rings is 2. The van der Waals surface area contributed by atoms with E-state index in [1.54, 1.807) is 24.3 Å². The summed E-state index contributed by atoms with van der Waals surface area (Å²) in [5, 5.41) is 11.1. The average molecular weight is 460 g/mol. The van der Waals surface area contributed by atoms with Crippen molar-refractivity contribution in [1.82, 2.24) is 0 Å². The van der Waals surface area contributed by atoms with Crippen LogP contribution in [0.2, 0.25) is 0 Å². The van der Waals surface area contributed by atoms with Crippen molar-refractivity contribution in [2.45, 2.75) is 50.9 Å². The Kier molecular flexibility index (Phi) is 7.08. The van der Waals surface area contributed by atoms with E-state index in [0.29, 0.717) is 36.9 Å². The minimum absolute atomic E-state index is 0.273. The van der Waals surface area contributed by atoms with Crippen LogP contribution in [0.3, 0.4) is 0 Å². The zero-order valence-electron chi connectivity index (χ0n) is 18.9. The van der Waals surface area contributed by atoms with E-state index in [9.17, 15) is 13.5 Å². The van der Waals surface area contributed by atoms with Crippen LogP contribution < -0.4 is 9.04 Å². The summed E-state index contributed by atoms with van der Waals surface area (Å²) in [5.74, 6) is 1.06. The number of aliphatic hydroxyl groups is 1. The molecule has 32 heavy (non-hydrogen) atoms. The first-order valence-corrected chi connectivity index (χ1v) is 13.0. The van der Waals surface area contributed by atoms with Gasteiger partial charge < -0.3 is 14.6 Å². The summed E-state index contributed by atoms with van der Waals surface area (Å²) in [5.41, 5.74) is 1.46. The monoisotopic (exact) mass is 459 g/mol. The van der Waals surface area contributed by atoms with Crippen molar-refractivity contribution in [3.63, 3.8) is 0 Å². The van der Waals surface area contributed by atoms with Gasteiger partial charge in [0.05, 0.1) is 12.3 Å². The molecule has 0 amide bonds. The van der Waals surface area contributed by atoms with E-state index in [2.05, 4.69) is 19.9 Å². The predicted octanol–water partition coefficient (Wildman–Crippen LogP) is 4.39. The van der Waals surface area contributed by atoms with E-state index in [4.69, 9.17) is 9.47 Å². The summed E-state index contributed by atoms with van der Waals surface area (Å²) in [4.78, 5) is 0. The molecule has 4 rings (SSSR count). The zero-order chi connectivity index (χ0) is 22.7. The Morgan fingerprint density at radius 1 is 1.16 bits per heavy atom. The standard InChI is InChI=1S/C25H33NO5S/c1-3-19-8-9-23-22(16-19)18(2)10-13-26(23)32(28,29)25(27)21-6-4-5-7-24(21)31-17-20-11-14-30-15-12-20/h4-9,16,18,20,25,27H,3,10-15,17H2,1-2H3. The Hall–Kier alpha value is -2.09. The number of ether oxygens (including phenoxy) is 2. The fourth-order valence-corrected chi connectivity index (χ4v) is 6.07. The third-order valence-electron chi connectivity index (χ3n) is 6.65. The molecule has 2 aliphatic heterocycles. The third-order valence-corrected chi connectivity index (χ3v) is 8.47. The molecule has 0 bridgehead atoms. The Balaban J connectivity index is 1.60. The molecule has 2 heterocycles. The Morgan fingerprint density at radius 3 is 2.66 bits per heavy atom. The second-order valence-electron chi connectivity index (χ2n) is 8.81. The Morgan fingerprint density at radius 2 is 1.91 bits per heavy atom. The molecule has 2 unspecified atom stereocenters. The van der Waals surface area contributed by atoms with Gasteiger partial charge in [-0.3, -0.25) is 4.31 Å². The highest BCUT2D eigenvalue weighted by molar-refractivity contribution is 7.92. The number of nitrogens with zero attached hydrogens (tertiary/aromatic N) is 1. The molecule has 0 aliphatic carbocycles. The van der Waals surface area contributed by atoms with Crippen molar-refractivity contribution >= 4 is 15.7 Å². The molecule has 0 saturated carbocycles. The molecule has 0 spiro atoms. The lowest BCUT2D eigenvalue weighted by Crippen LogP contribution is -2.39. The van der Waals surface area contributed by atoms with E-state index in [-0.39, 0.29) is 11.5 Å². The highest BCUT2D eigenvalue weighted by atomic mass is 32.2. The summed E-state index contributed by atoms with van der Waals surface area (Å²) in [6.45, 7) is 6.49. The number of hydrogen-bond acceptors (Lipinski definition) is 5. The number of aliphatic hydroxyl groups excluding tert-OH is 1. The molecule has 2 atom stereocenters. The van der Waals surface area contributed by atoms with Crippen LogP contribution in [0, 0.1) is 5.92 Å². The van der Waals surface area contributed by atoms with Crippen molar-refractivity contribution in [1.29, 1.82) is 0 Å². The topological polar surface area (TPSA) is 76.1 Å². The summed E-state index contributed by atoms with van der Waals surface area (Å²) < 4.78 is 39.9. The van der Waals surface area contributed by atoms with Crippen molar-refractivity contribution < 1.29 is 23.0 Å². The normalized spacial score (nSPS) is 20.6. The van der Waals surface area contributed by atoms with Crippen molar-refractivity contribution in [2.75, 3.05) is 30.7 Å².